The molecule has 1 spiro atoms. The van der Waals surface area contributed by atoms with Gasteiger partial charge in [-0.15, -0.1) is 0 Å². The van der Waals surface area contributed by atoms with Crippen LogP contribution in [0.15, 0.2) is 22.8 Å². The Kier molecular flexibility index (Phi) is 3.12. The quantitative estimate of drug-likeness (QED) is 0.811. The third kappa shape index (κ3) is 2.26. The summed E-state index contributed by atoms with van der Waals surface area (Å²) >= 11 is 0. The molecule has 0 bridgehead atoms. The zero-order chi connectivity index (χ0) is 15.2. The second-order valence-electron chi connectivity index (χ2n) is 6.23. The van der Waals surface area contributed by atoms with Gasteiger partial charge in [-0.2, -0.15) is 0 Å². The minimum atomic E-state index is -0.224. The van der Waals surface area contributed by atoms with E-state index in [2.05, 4.69) is 21.3 Å². The summed E-state index contributed by atoms with van der Waals surface area (Å²) in [5.41, 5.74) is 2.49. The van der Waals surface area contributed by atoms with Gasteiger partial charge in [-0.05, 0) is 28.4 Å². The van der Waals surface area contributed by atoms with Crippen LogP contribution in [-0.4, -0.2) is 64.9 Å². The standard InChI is InChI=1S/C15H18N4O3/c1-18-9-15(21-8-13(18)20)5-6-19(10-15)7-11-3-2-4-12-14(11)17-22-16-12/h2-4H,5-10H2,1H3. The highest BCUT2D eigenvalue weighted by Crippen LogP contribution is 2.30. The Balaban J connectivity index is 1.49. The lowest BCUT2D eigenvalue weighted by Crippen LogP contribution is -2.54. The summed E-state index contributed by atoms with van der Waals surface area (Å²) in [4.78, 5) is 15.7. The number of benzene rings is 1. The van der Waals surface area contributed by atoms with Crippen molar-refractivity contribution in [3.8, 4) is 0 Å². The first kappa shape index (κ1) is 13.7. The molecule has 2 aliphatic rings. The van der Waals surface area contributed by atoms with Crippen molar-refractivity contribution in [2.24, 2.45) is 0 Å². The van der Waals surface area contributed by atoms with Gasteiger partial charge in [0.15, 0.2) is 0 Å². The molecule has 2 saturated heterocycles. The van der Waals surface area contributed by atoms with Gasteiger partial charge in [0.2, 0.25) is 5.91 Å². The maximum atomic E-state index is 11.6. The molecule has 1 unspecified atom stereocenters. The number of aromatic nitrogens is 2. The summed E-state index contributed by atoms with van der Waals surface area (Å²) < 4.78 is 10.7. The van der Waals surface area contributed by atoms with Crippen molar-refractivity contribution in [3.63, 3.8) is 0 Å². The number of likely N-dealkylation sites (N-methyl/N-ethyl adjacent to an activating group) is 1. The molecule has 1 aromatic heterocycles. The summed E-state index contributed by atoms with van der Waals surface area (Å²) in [7, 11) is 1.84. The number of likely N-dealkylation sites (tertiary alicyclic amines) is 1. The predicted molar refractivity (Wildman–Crippen MR) is 78.0 cm³/mol. The number of rotatable bonds is 2. The zero-order valence-electron chi connectivity index (χ0n) is 12.5. The van der Waals surface area contributed by atoms with Crippen molar-refractivity contribution in [3.05, 3.63) is 23.8 Å². The first-order valence-electron chi connectivity index (χ1n) is 7.46. The fourth-order valence-electron chi connectivity index (χ4n) is 3.43. The van der Waals surface area contributed by atoms with Crippen molar-refractivity contribution in [1.29, 1.82) is 0 Å². The molecule has 0 N–H and O–H groups in total. The summed E-state index contributed by atoms with van der Waals surface area (Å²) in [6.07, 6.45) is 0.942. The Morgan fingerprint density at radius 1 is 1.32 bits per heavy atom. The van der Waals surface area contributed by atoms with Gasteiger partial charge >= 0.3 is 0 Å². The molecule has 2 fully saturated rings. The topological polar surface area (TPSA) is 71.7 Å². The Labute approximate surface area is 127 Å². The number of carbonyl (C=O) groups excluding carboxylic acids is 1. The summed E-state index contributed by atoms with van der Waals surface area (Å²) in [6, 6.07) is 5.91. The van der Waals surface area contributed by atoms with Crippen LogP contribution in [0.25, 0.3) is 11.0 Å². The molecule has 116 valence electrons. The second-order valence-corrected chi connectivity index (χ2v) is 6.23. The van der Waals surface area contributed by atoms with Gasteiger partial charge in [0, 0.05) is 26.7 Å². The van der Waals surface area contributed by atoms with Gasteiger partial charge in [0.05, 0.1) is 6.54 Å². The maximum absolute atomic E-state index is 11.6. The van der Waals surface area contributed by atoms with E-state index in [4.69, 9.17) is 9.37 Å². The third-order valence-electron chi connectivity index (χ3n) is 4.61. The van der Waals surface area contributed by atoms with Crippen LogP contribution >= 0.6 is 0 Å². The number of hydrogen-bond donors (Lipinski definition) is 0. The zero-order valence-corrected chi connectivity index (χ0v) is 12.5. The van der Waals surface area contributed by atoms with E-state index in [-0.39, 0.29) is 18.1 Å². The number of morpholine rings is 1. The summed E-state index contributed by atoms with van der Waals surface area (Å²) in [5.74, 6) is 0.0579. The minimum Gasteiger partial charge on any atom is -0.362 e. The number of carbonyl (C=O) groups is 1. The Bertz CT molecular complexity index is 716. The van der Waals surface area contributed by atoms with E-state index in [0.29, 0.717) is 6.54 Å². The van der Waals surface area contributed by atoms with Gasteiger partial charge in [-0.25, -0.2) is 4.63 Å². The van der Waals surface area contributed by atoms with Crippen molar-refractivity contribution < 1.29 is 14.2 Å². The Morgan fingerprint density at radius 3 is 3.09 bits per heavy atom. The van der Waals surface area contributed by atoms with Crippen LogP contribution < -0.4 is 0 Å². The number of ether oxygens (including phenoxy) is 1. The van der Waals surface area contributed by atoms with E-state index >= 15 is 0 Å². The number of amides is 1. The maximum Gasteiger partial charge on any atom is 0.248 e. The Morgan fingerprint density at radius 2 is 2.23 bits per heavy atom. The van der Waals surface area contributed by atoms with E-state index in [0.717, 1.165) is 42.7 Å². The number of hydrogen-bond acceptors (Lipinski definition) is 6. The molecule has 7 heteroatoms. The molecule has 2 aliphatic heterocycles. The van der Waals surface area contributed by atoms with Crippen molar-refractivity contribution >= 4 is 16.9 Å². The third-order valence-corrected chi connectivity index (χ3v) is 4.61. The number of nitrogens with zero attached hydrogens (tertiary/aromatic N) is 4. The molecular formula is C15H18N4O3. The second kappa shape index (κ2) is 5.03. The highest BCUT2D eigenvalue weighted by atomic mass is 16.6. The molecule has 1 aromatic carbocycles. The van der Waals surface area contributed by atoms with Gasteiger partial charge in [0.25, 0.3) is 0 Å². The first-order valence-corrected chi connectivity index (χ1v) is 7.46. The largest absolute Gasteiger partial charge is 0.362 e. The molecule has 0 aliphatic carbocycles. The molecule has 1 amide bonds. The predicted octanol–water partition coefficient (Wildman–Crippen LogP) is 0.656. The van der Waals surface area contributed by atoms with Crippen LogP contribution in [0.3, 0.4) is 0 Å². The van der Waals surface area contributed by atoms with Crippen LogP contribution in [0.5, 0.6) is 0 Å². The summed E-state index contributed by atoms with van der Waals surface area (Å²) in [5, 5.41) is 7.87. The van der Waals surface area contributed by atoms with Gasteiger partial charge in [-0.3, -0.25) is 9.69 Å². The van der Waals surface area contributed by atoms with E-state index in [1.807, 2.05) is 19.2 Å². The lowest BCUT2D eigenvalue weighted by Gasteiger charge is -2.38. The van der Waals surface area contributed by atoms with E-state index in [9.17, 15) is 4.79 Å². The molecule has 4 rings (SSSR count). The molecule has 3 heterocycles. The highest BCUT2D eigenvalue weighted by Gasteiger charge is 2.44. The fourth-order valence-corrected chi connectivity index (χ4v) is 3.43. The molecule has 0 radical (unpaired) electrons. The van der Waals surface area contributed by atoms with E-state index in [1.165, 1.54) is 0 Å². The van der Waals surface area contributed by atoms with Gasteiger partial charge < -0.3 is 9.64 Å². The van der Waals surface area contributed by atoms with Crippen LogP contribution in [-0.2, 0) is 16.1 Å². The molecule has 2 aromatic rings. The van der Waals surface area contributed by atoms with E-state index in [1.54, 1.807) is 4.90 Å². The van der Waals surface area contributed by atoms with Crippen molar-refractivity contribution in [2.75, 3.05) is 33.3 Å². The van der Waals surface area contributed by atoms with Crippen LogP contribution in [0.4, 0.5) is 0 Å². The average molecular weight is 302 g/mol. The monoisotopic (exact) mass is 302 g/mol. The lowest BCUT2D eigenvalue weighted by atomic mass is 10.0. The number of fused-ring (bicyclic) bond motifs is 1. The SMILES string of the molecule is CN1CC2(CCN(Cc3cccc4nonc34)C2)OCC1=O. The first-order chi connectivity index (χ1) is 10.7. The van der Waals surface area contributed by atoms with Gasteiger partial charge in [0.1, 0.15) is 23.2 Å². The Hall–Kier alpha value is -1.99. The normalized spacial score (nSPS) is 26.4. The van der Waals surface area contributed by atoms with Crippen molar-refractivity contribution in [2.45, 2.75) is 18.6 Å². The summed E-state index contributed by atoms with van der Waals surface area (Å²) in [6.45, 7) is 3.41. The fraction of sp³-hybridized carbons (Fsp3) is 0.533. The van der Waals surface area contributed by atoms with Crippen LogP contribution in [0.2, 0.25) is 0 Å². The van der Waals surface area contributed by atoms with Gasteiger partial charge in [-0.1, -0.05) is 12.1 Å². The van der Waals surface area contributed by atoms with Crippen LogP contribution in [0.1, 0.15) is 12.0 Å². The van der Waals surface area contributed by atoms with Crippen LogP contribution in [0, 0.1) is 0 Å². The smallest absolute Gasteiger partial charge is 0.248 e. The van der Waals surface area contributed by atoms with Crippen molar-refractivity contribution in [1.82, 2.24) is 20.1 Å². The molecule has 7 nitrogen and oxygen atoms in total. The van der Waals surface area contributed by atoms with E-state index < -0.39 is 0 Å². The lowest BCUT2D eigenvalue weighted by molar-refractivity contribution is -0.159. The highest BCUT2D eigenvalue weighted by molar-refractivity contribution is 5.78. The molecule has 0 saturated carbocycles. The molecular weight excluding hydrogens is 284 g/mol. The molecule has 22 heavy (non-hydrogen) atoms. The molecule has 1 atom stereocenters. The average Bonchev–Trinajstić information content (AvgIpc) is 3.12. The minimum absolute atomic E-state index is 0.0579.